The van der Waals surface area contributed by atoms with E-state index in [0.29, 0.717) is 12.1 Å². The minimum Gasteiger partial charge on any atom is -0.479 e. The lowest BCUT2D eigenvalue weighted by Crippen LogP contribution is -2.45. The molecule has 4 rings (SSSR count). The fourth-order valence-electron chi connectivity index (χ4n) is 3.61. The van der Waals surface area contributed by atoms with Crippen LogP contribution in [0.2, 0.25) is 0 Å². The summed E-state index contributed by atoms with van der Waals surface area (Å²) < 4.78 is 0. The summed E-state index contributed by atoms with van der Waals surface area (Å²) in [5.74, 6) is -0.760. The van der Waals surface area contributed by atoms with Crippen LogP contribution in [0.3, 0.4) is 0 Å². The van der Waals surface area contributed by atoms with Crippen molar-refractivity contribution in [3.05, 3.63) is 53.7 Å². The fourth-order valence-corrected chi connectivity index (χ4v) is 4.33. The predicted molar refractivity (Wildman–Crippen MR) is 107 cm³/mol. The van der Waals surface area contributed by atoms with Gasteiger partial charge in [0.1, 0.15) is 17.0 Å². The van der Waals surface area contributed by atoms with Crippen molar-refractivity contribution in [3.63, 3.8) is 0 Å². The van der Waals surface area contributed by atoms with Crippen LogP contribution in [-0.4, -0.2) is 40.0 Å². The summed E-state index contributed by atoms with van der Waals surface area (Å²) in [6, 6.07) is 9.71. The van der Waals surface area contributed by atoms with Crippen LogP contribution < -0.4 is 10.2 Å². The van der Waals surface area contributed by atoms with E-state index in [0.717, 1.165) is 35.4 Å². The Morgan fingerprint density at radius 3 is 2.82 bits per heavy atom. The molecule has 1 amide bonds. The molecule has 1 aliphatic rings. The molecule has 8 heteroatoms. The number of fused-ring (bicyclic) bond motifs is 1. The van der Waals surface area contributed by atoms with Gasteiger partial charge in [-0.05, 0) is 29.9 Å². The first-order valence-electron chi connectivity index (χ1n) is 9.15. The van der Waals surface area contributed by atoms with E-state index >= 15 is 0 Å². The van der Waals surface area contributed by atoms with Crippen molar-refractivity contribution in [1.29, 1.82) is 0 Å². The lowest BCUT2D eigenvalue weighted by atomic mass is 9.96. The standard InChI is InChI=1S/C20H20N4O3S/c25-18(23-16(20(26)27)13-5-2-1-3-6-13)14-7-4-9-24(11-14)17-15-8-10-28-19(15)22-12-21-17/h1-3,5-6,8,10,12,14,16H,4,7,9,11H2,(H,23,25)(H,26,27)/t14?,16-/m0/s1. The number of piperidine rings is 1. The van der Waals surface area contributed by atoms with Gasteiger partial charge < -0.3 is 15.3 Å². The Morgan fingerprint density at radius 2 is 2.04 bits per heavy atom. The highest BCUT2D eigenvalue weighted by molar-refractivity contribution is 7.16. The highest BCUT2D eigenvalue weighted by Crippen LogP contribution is 2.30. The average Bonchev–Trinajstić information content (AvgIpc) is 3.21. The van der Waals surface area contributed by atoms with Gasteiger partial charge in [-0.1, -0.05) is 30.3 Å². The average molecular weight is 396 g/mol. The molecule has 7 nitrogen and oxygen atoms in total. The molecule has 1 fully saturated rings. The number of hydrogen-bond donors (Lipinski definition) is 2. The van der Waals surface area contributed by atoms with Gasteiger partial charge in [0.15, 0.2) is 6.04 Å². The number of amides is 1. The second kappa shape index (κ2) is 7.93. The van der Waals surface area contributed by atoms with E-state index < -0.39 is 12.0 Å². The maximum Gasteiger partial charge on any atom is 0.330 e. The Labute approximate surface area is 166 Å². The van der Waals surface area contributed by atoms with Crippen molar-refractivity contribution in [2.75, 3.05) is 18.0 Å². The van der Waals surface area contributed by atoms with Gasteiger partial charge in [-0.15, -0.1) is 11.3 Å². The molecule has 0 radical (unpaired) electrons. The smallest absolute Gasteiger partial charge is 0.330 e. The number of nitrogens with zero attached hydrogens (tertiary/aromatic N) is 3. The number of anilines is 1. The molecule has 0 spiro atoms. The van der Waals surface area contributed by atoms with Crippen LogP contribution in [0, 0.1) is 5.92 Å². The van der Waals surface area contributed by atoms with Crippen LogP contribution in [0.4, 0.5) is 5.82 Å². The number of thiophene rings is 1. The predicted octanol–water partition coefficient (Wildman–Crippen LogP) is 2.85. The van der Waals surface area contributed by atoms with Gasteiger partial charge in [-0.2, -0.15) is 0 Å². The molecule has 0 bridgehead atoms. The van der Waals surface area contributed by atoms with Gasteiger partial charge in [-0.3, -0.25) is 4.79 Å². The molecule has 3 aromatic rings. The van der Waals surface area contributed by atoms with Crippen LogP contribution in [0.15, 0.2) is 48.1 Å². The van der Waals surface area contributed by atoms with Crippen molar-refractivity contribution in [2.24, 2.45) is 5.92 Å². The highest BCUT2D eigenvalue weighted by Gasteiger charge is 2.31. The Morgan fingerprint density at radius 1 is 1.21 bits per heavy atom. The molecule has 0 saturated carbocycles. The zero-order chi connectivity index (χ0) is 19.5. The summed E-state index contributed by atoms with van der Waals surface area (Å²) >= 11 is 1.56. The largest absolute Gasteiger partial charge is 0.479 e. The van der Waals surface area contributed by atoms with Gasteiger partial charge in [0.05, 0.1) is 11.3 Å². The number of carbonyl (C=O) groups is 2. The molecule has 2 aromatic heterocycles. The molecule has 0 aliphatic carbocycles. The van der Waals surface area contributed by atoms with Crippen LogP contribution in [-0.2, 0) is 9.59 Å². The SMILES string of the molecule is O=C(N[C@H](C(=O)O)c1ccccc1)C1CCCN(c2ncnc3sccc23)C1. The Balaban J connectivity index is 1.50. The molecule has 2 atom stereocenters. The minimum atomic E-state index is -1.07. The van der Waals surface area contributed by atoms with Gasteiger partial charge in [0.2, 0.25) is 5.91 Å². The number of carbonyl (C=O) groups excluding carboxylic acids is 1. The fraction of sp³-hybridized carbons (Fsp3) is 0.300. The molecule has 3 heterocycles. The number of rotatable bonds is 5. The maximum absolute atomic E-state index is 12.8. The molecule has 1 aliphatic heterocycles. The number of carboxylic acid groups (broad SMARTS) is 1. The molecule has 1 saturated heterocycles. The zero-order valence-corrected chi connectivity index (χ0v) is 15.9. The Kier molecular flexibility index (Phi) is 5.21. The molecular formula is C20H20N4O3S. The molecule has 2 N–H and O–H groups in total. The lowest BCUT2D eigenvalue weighted by Gasteiger charge is -2.33. The third-order valence-electron chi connectivity index (χ3n) is 5.00. The summed E-state index contributed by atoms with van der Waals surface area (Å²) in [5, 5.41) is 15.2. The topological polar surface area (TPSA) is 95.4 Å². The van der Waals surface area contributed by atoms with Gasteiger partial charge in [0.25, 0.3) is 0 Å². The van der Waals surface area contributed by atoms with E-state index in [9.17, 15) is 14.7 Å². The van der Waals surface area contributed by atoms with Gasteiger partial charge in [0, 0.05) is 13.1 Å². The van der Waals surface area contributed by atoms with Gasteiger partial charge in [-0.25, -0.2) is 14.8 Å². The Hall–Kier alpha value is -3.00. The number of carboxylic acids is 1. The molecular weight excluding hydrogens is 376 g/mol. The third kappa shape index (κ3) is 3.68. The summed E-state index contributed by atoms with van der Waals surface area (Å²) in [4.78, 5) is 36.3. The van der Waals surface area contributed by atoms with Crippen LogP contribution in [0.1, 0.15) is 24.4 Å². The van der Waals surface area contributed by atoms with Crippen molar-refractivity contribution >= 4 is 39.2 Å². The number of nitrogens with one attached hydrogen (secondary N) is 1. The van der Waals surface area contributed by atoms with Crippen molar-refractivity contribution in [2.45, 2.75) is 18.9 Å². The van der Waals surface area contributed by atoms with Crippen LogP contribution in [0.25, 0.3) is 10.2 Å². The van der Waals surface area contributed by atoms with Crippen molar-refractivity contribution in [3.8, 4) is 0 Å². The van der Waals surface area contributed by atoms with E-state index in [1.807, 2.05) is 17.5 Å². The second-order valence-electron chi connectivity index (χ2n) is 6.81. The highest BCUT2D eigenvalue weighted by atomic mass is 32.1. The summed E-state index contributed by atoms with van der Waals surface area (Å²) in [6.45, 7) is 1.32. The first kappa shape index (κ1) is 18.4. The summed E-state index contributed by atoms with van der Waals surface area (Å²) in [5.41, 5.74) is 0.562. The summed E-state index contributed by atoms with van der Waals surface area (Å²) in [6.07, 6.45) is 3.12. The van der Waals surface area contributed by atoms with E-state index in [-0.39, 0.29) is 11.8 Å². The van der Waals surface area contributed by atoms with Crippen LogP contribution in [0.5, 0.6) is 0 Å². The van der Waals surface area contributed by atoms with Gasteiger partial charge >= 0.3 is 5.97 Å². The monoisotopic (exact) mass is 396 g/mol. The second-order valence-corrected chi connectivity index (χ2v) is 7.71. The van der Waals surface area contributed by atoms with Crippen molar-refractivity contribution in [1.82, 2.24) is 15.3 Å². The minimum absolute atomic E-state index is 0.239. The molecule has 144 valence electrons. The van der Waals surface area contributed by atoms with E-state index in [1.165, 1.54) is 0 Å². The van der Waals surface area contributed by atoms with Crippen molar-refractivity contribution < 1.29 is 14.7 Å². The number of hydrogen-bond acceptors (Lipinski definition) is 6. The zero-order valence-electron chi connectivity index (χ0n) is 15.1. The van der Waals surface area contributed by atoms with Crippen LogP contribution >= 0.6 is 11.3 Å². The quantitative estimate of drug-likeness (QED) is 0.689. The number of aliphatic carboxylic acids is 1. The molecule has 1 aromatic carbocycles. The number of benzene rings is 1. The normalized spacial score (nSPS) is 18.0. The first-order chi connectivity index (χ1) is 13.6. The van der Waals surface area contributed by atoms with E-state index in [1.54, 1.807) is 41.9 Å². The molecule has 28 heavy (non-hydrogen) atoms. The maximum atomic E-state index is 12.8. The number of aromatic nitrogens is 2. The van der Waals surface area contributed by atoms with E-state index in [4.69, 9.17) is 0 Å². The first-order valence-corrected chi connectivity index (χ1v) is 10.0. The lowest BCUT2D eigenvalue weighted by molar-refractivity contribution is -0.142. The summed E-state index contributed by atoms with van der Waals surface area (Å²) in [7, 11) is 0. The molecule has 1 unspecified atom stereocenters. The van der Waals surface area contributed by atoms with E-state index in [2.05, 4.69) is 20.2 Å². The Bertz CT molecular complexity index is 991. The third-order valence-corrected chi connectivity index (χ3v) is 5.82.